The molecule has 7 heteroatoms. The van der Waals surface area contributed by atoms with Crippen molar-refractivity contribution < 1.29 is 4.79 Å². The first-order valence-electron chi connectivity index (χ1n) is 8.62. The number of amides is 1. The second kappa shape index (κ2) is 7.13. The number of hydrogen-bond donors (Lipinski definition) is 0. The third kappa shape index (κ3) is 3.60. The van der Waals surface area contributed by atoms with Crippen LogP contribution in [0.3, 0.4) is 0 Å². The van der Waals surface area contributed by atoms with Gasteiger partial charge < -0.3 is 9.80 Å². The molecule has 2 aromatic heterocycles. The Kier molecular flexibility index (Phi) is 4.92. The van der Waals surface area contributed by atoms with Crippen LogP contribution in [0.4, 0.5) is 5.82 Å². The molecule has 7 nitrogen and oxygen atoms in total. The Hall–Kier alpha value is -2.57. The predicted molar refractivity (Wildman–Crippen MR) is 95.7 cm³/mol. The van der Waals surface area contributed by atoms with Crippen LogP contribution in [-0.2, 0) is 0 Å². The van der Waals surface area contributed by atoms with Crippen LogP contribution in [0, 0.1) is 13.8 Å². The van der Waals surface area contributed by atoms with Gasteiger partial charge in [0.2, 0.25) is 0 Å². The van der Waals surface area contributed by atoms with Crippen LogP contribution in [0.1, 0.15) is 47.3 Å². The fourth-order valence-corrected chi connectivity index (χ4v) is 2.90. The van der Waals surface area contributed by atoms with Gasteiger partial charge in [-0.1, -0.05) is 13.8 Å². The van der Waals surface area contributed by atoms with Gasteiger partial charge in [-0.2, -0.15) is 0 Å². The molecule has 0 atom stereocenters. The van der Waals surface area contributed by atoms with Crippen molar-refractivity contribution >= 4 is 11.7 Å². The number of nitrogens with zero attached hydrogens (tertiary/aromatic N) is 6. The molecule has 1 aliphatic heterocycles. The Bertz CT molecular complexity index is 768. The molecule has 0 aliphatic carbocycles. The summed E-state index contributed by atoms with van der Waals surface area (Å²) in [5, 5.41) is 0. The highest BCUT2D eigenvalue weighted by molar-refractivity contribution is 5.92. The van der Waals surface area contributed by atoms with E-state index in [0.717, 1.165) is 30.2 Å². The van der Waals surface area contributed by atoms with Crippen molar-refractivity contribution in [2.24, 2.45) is 0 Å². The summed E-state index contributed by atoms with van der Waals surface area (Å²) in [5.41, 5.74) is 2.56. The van der Waals surface area contributed by atoms with Crippen LogP contribution < -0.4 is 4.90 Å². The summed E-state index contributed by atoms with van der Waals surface area (Å²) in [7, 11) is 0. The number of anilines is 1. The van der Waals surface area contributed by atoms with E-state index >= 15 is 0 Å². The van der Waals surface area contributed by atoms with Crippen LogP contribution in [0.2, 0.25) is 0 Å². The van der Waals surface area contributed by atoms with E-state index in [-0.39, 0.29) is 11.8 Å². The first-order valence-corrected chi connectivity index (χ1v) is 8.62. The maximum Gasteiger partial charge on any atom is 0.272 e. The van der Waals surface area contributed by atoms with Crippen LogP contribution in [0.5, 0.6) is 0 Å². The molecule has 25 heavy (non-hydrogen) atoms. The predicted octanol–water partition coefficient (Wildman–Crippen LogP) is 1.97. The van der Waals surface area contributed by atoms with Gasteiger partial charge in [0.1, 0.15) is 23.7 Å². The van der Waals surface area contributed by atoms with Crippen molar-refractivity contribution in [1.29, 1.82) is 0 Å². The smallest absolute Gasteiger partial charge is 0.272 e. The molecule has 0 bridgehead atoms. The maximum absolute atomic E-state index is 12.7. The largest absolute Gasteiger partial charge is 0.353 e. The molecule has 0 N–H and O–H groups in total. The number of aromatic nitrogens is 4. The van der Waals surface area contributed by atoms with Gasteiger partial charge in [0.05, 0.1) is 0 Å². The minimum atomic E-state index is -0.0282. The highest BCUT2D eigenvalue weighted by Crippen LogP contribution is 2.20. The maximum atomic E-state index is 12.7. The minimum Gasteiger partial charge on any atom is -0.353 e. The zero-order valence-electron chi connectivity index (χ0n) is 15.2. The first kappa shape index (κ1) is 17.3. The fourth-order valence-electron chi connectivity index (χ4n) is 2.90. The van der Waals surface area contributed by atoms with Gasteiger partial charge in [-0.15, -0.1) is 0 Å². The Morgan fingerprint density at radius 3 is 2.48 bits per heavy atom. The average molecular weight is 340 g/mol. The van der Waals surface area contributed by atoms with Crippen molar-refractivity contribution in [3.8, 4) is 0 Å². The zero-order chi connectivity index (χ0) is 18.0. The summed E-state index contributed by atoms with van der Waals surface area (Å²) >= 11 is 0. The summed E-state index contributed by atoms with van der Waals surface area (Å²) in [6.07, 6.45) is 3.27. The molecule has 132 valence electrons. The van der Waals surface area contributed by atoms with Gasteiger partial charge in [0, 0.05) is 49.6 Å². The van der Waals surface area contributed by atoms with E-state index in [1.165, 1.54) is 0 Å². The number of carbonyl (C=O) groups is 1. The molecule has 1 saturated heterocycles. The van der Waals surface area contributed by atoms with Crippen LogP contribution in [0.15, 0.2) is 18.6 Å². The quantitative estimate of drug-likeness (QED) is 0.850. The lowest BCUT2D eigenvalue weighted by molar-refractivity contribution is 0.0740. The Balaban J connectivity index is 1.69. The summed E-state index contributed by atoms with van der Waals surface area (Å²) in [6, 6.07) is 1.69. The number of carbonyl (C=O) groups excluding carboxylic acids is 1. The lowest BCUT2D eigenvalue weighted by Gasteiger charge is -2.36. The molecule has 0 radical (unpaired) electrons. The summed E-state index contributed by atoms with van der Waals surface area (Å²) in [6.45, 7) is 10.9. The third-order valence-electron chi connectivity index (χ3n) is 4.59. The number of rotatable bonds is 3. The molecule has 1 fully saturated rings. The molecule has 1 amide bonds. The van der Waals surface area contributed by atoms with Gasteiger partial charge in [0.25, 0.3) is 5.91 Å². The SMILES string of the molecule is Cc1ncnc(N2CCN(C(=O)c3ccnc(C(C)C)n3)CC2)c1C. The van der Waals surface area contributed by atoms with Crippen molar-refractivity contribution in [1.82, 2.24) is 24.8 Å². The zero-order valence-corrected chi connectivity index (χ0v) is 15.2. The third-order valence-corrected chi connectivity index (χ3v) is 4.59. The van der Waals surface area contributed by atoms with E-state index < -0.39 is 0 Å². The molecule has 3 rings (SSSR count). The van der Waals surface area contributed by atoms with Crippen molar-refractivity contribution in [3.63, 3.8) is 0 Å². The summed E-state index contributed by atoms with van der Waals surface area (Å²) in [5.74, 6) is 1.84. The molecule has 1 aliphatic rings. The molecule has 0 unspecified atom stereocenters. The van der Waals surface area contributed by atoms with Crippen LogP contribution in [-0.4, -0.2) is 56.9 Å². The first-order chi connectivity index (χ1) is 12.0. The number of aryl methyl sites for hydroxylation is 1. The molecule has 0 aromatic carbocycles. The van der Waals surface area contributed by atoms with Gasteiger partial charge in [-0.05, 0) is 19.9 Å². The number of hydrogen-bond acceptors (Lipinski definition) is 6. The molecule has 0 saturated carbocycles. The van der Waals surface area contributed by atoms with E-state index in [9.17, 15) is 4.79 Å². The molecular formula is C18H24N6O. The molecule has 2 aromatic rings. The van der Waals surface area contributed by atoms with E-state index in [4.69, 9.17) is 0 Å². The molecule has 0 spiro atoms. The Morgan fingerprint density at radius 2 is 1.80 bits per heavy atom. The lowest BCUT2D eigenvalue weighted by Crippen LogP contribution is -2.49. The average Bonchev–Trinajstić information content (AvgIpc) is 2.63. The minimum absolute atomic E-state index is 0.0282. The molecule has 3 heterocycles. The van der Waals surface area contributed by atoms with Gasteiger partial charge in [-0.25, -0.2) is 19.9 Å². The van der Waals surface area contributed by atoms with Crippen molar-refractivity contribution in [2.75, 3.05) is 31.1 Å². The monoisotopic (exact) mass is 340 g/mol. The Labute approximate surface area is 148 Å². The fraction of sp³-hybridized carbons (Fsp3) is 0.500. The Morgan fingerprint density at radius 1 is 1.08 bits per heavy atom. The normalized spacial score (nSPS) is 14.9. The lowest BCUT2D eigenvalue weighted by atomic mass is 10.2. The highest BCUT2D eigenvalue weighted by Gasteiger charge is 2.25. The van der Waals surface area contributed by atoms with E-state index in [1.807, 2.05) is 32.6 Å². The van der Waals surface area contributed by atoms with Gasteiger partial charge >= 0.3 is 0 Å². The molecular weight excluding hydrogens is 316 g/mol. The second-order valence-corrected chi connectivity index (χ2v) is 6.64. The summed E-state index contributed by atoms with van der Waals surface area (Å²) in [4.78, 5) is 34.1. The summed E-state index contributed by atoms with van der Waals surface area (Å²) < 4.78 is 0. The van der Waals surface area contributed by atoms with Crippen molar-refractivity contribution in [3.05, 3.63) is 41.4 Å². The van der Waals surface area contributed by atoms with E-state index in [0.29, 0.717) is 24.6 Å². The van der Waals surface area contributed by atoms with Crippen LogP contribution in [0.25, 0.3) is 0 Å². The standard InChI is InChI=1S/C18H24N6O/c1-12(2)16-19-6-5-15(22-16)18(25)24-9-7-23(8-10-24)17-13(3)14(4)20-11-21-17/h5-6,11-12H,7-10H2,1-4H3. The van der Waals surface area contributed by atoms with Gasteiger partial charge in [0.15, 0.2) is 0 Å². The van der Waals surface area contributed by atoms with E-state index in [1.54, 1.807) is 18.6 Å². The topological polar surface area (TPSA) is 75.1 Å². The highest BCUT2D eigenvalue weighted by atomic mass is 16.2. The van der Waals surface area contributed by atoms with E-state index in [2.05, 4.69) is 24.8 Å². The second-order valence-electron chi connectivity index (χ2n) is 6.64. The van der Waals surface area contributed by atoms with Crippen LogP contribution >= 0.6 is 0 Å². The van der Waals surface area contributed by atoms with Crippen molar-refractivity contribution in [2.45, 2.75) is 33.6 Å². The number of piperazine rings is 1. The van der Waals surface area contributed by atoms with Gasteiger partial charge in [-0.3, -0.25) is 4.79 Å².